The van der Waals surface area contributed by atoms with Crippen molar-refractivity contribution in [3.8, 4) is 16.5 Å². The van der Waals surface area contributed by atoms with Crippen molar-refractivity contribution in [3.05, 3.63) is 40.3 Å². The van der Waals surface area contributed by atoms with Crippen LogP contribution in [0.15, 0.2) is 29.3 Å². The van der Waals surface area contributed by atoms with Gasteiger partial charge < -0.3 is 4.74 Å². The van der Waals surface area contributed by atoms with E-state index in [1.807, 2.05) is 13.0 Å². The van der Waals surface area contributed by atoms with Crippen LogP contribution in [0.3, 0.4) is 0 Å². The Kier molecular flexibility index (Phi) is 3.28. The third-order valence-corrected chi connectivity index (χ3v) is 6.00. The van der Waals surface area contributed by atoms with Gasteiger partial charge in [-0.3, -0.25) is 0 Å². The van der Waals surface area contributed by atoms with Gasteiger partial charge in [0, 0.05) is 17.4 Å². The smallest absolute Gasteiger partial charge is 0.186 e. The Morgan fingerprint density at radius 2 is 2.00 bits per heavy atom. The Morgan fingerprint density at radius 3 is 2.70 bits per heavy atom. The lowest BCUT2D eigenvalue weighted by Gasteiger charge is -2.35. The number of nitrogens with zero attached hydrogens (tertiary/aromatic N) is 2. The fourth-order valence-electron chi connectivity index (χ4n) is 3.81. The zero-order valence-corrected chi connectivity index (χ0v) is 14.2. The minimum Gasteiger partial charge on any atom is -0.470 e. The van der Waals surface area contributed by atoms with E-state index < -0.39 is 0 Å². The number of hydrogen-bond acceptors (Lipinski definition) is 4. The molecule has 2 aromatic rings. The minimum atomic E-state index is -0.194. The summed E-state index contributed by atoms with van der Waals surface area (Å²) in [6.07, 6.45) is 4.52. The Hall–Kier alpha value is -2.12. The van der Waals surface area contributed by atoms with Gasteiger partial charge in [0.15, 0.2) is 5.90 Å². The van der Waals surface area contributed by atoms with Gasteiger partial charge in [0.05, 0.1) is 5.69 Å². The Bertz CT molecular complexity index is 851. The molecule has 0 atom stereocenters. The van der Waals surface area contributed by atoms with Crippen LogP contribution in [0.25, 0.3) is 10.4 Å². The molecule has 2 heterocycles. The van der Waals surface area contributed by atoms with Crippen LogP contribution in [0.2, 0.25) is 0 Å². The second-order valence-electron chi connectivity index (χ2n) is 6.40. The number of aliphatic imine (C=N–C) groups is 1. The number of thiophene rings is 1. The Morgan fingerprint density at radius 1 is 1.22 bits per heavy atom. The zero-order chi connectivity index (χ0) is 16.0. The van der Waals surface area contributed by atoms with Gasteiger partial charge in [0.1, 0.15) is 16.5 Å². The predicted molar refractivity (Wildman–Crippen MR) is 93.2 cm³/mol. The molecule has 0 N–H and O–H groups in total. The van der Waals surface area contributed by atoms with Crippen molar-refractivity contribution >= 4 is 22.9 Å². The third kappa shape index (κ3) is 2.27. The first-order chi connectivity index (χ1) is 11.1. The number of hydrogen-bond donors (Lipinski definition) is 0. The number of ether oxygens (including phenoxy) is 1. The second-order valence-corrected chi connectivity index (χ2v) is 7.45. The maximum Gasteiger partial charge on any atom is 0.186 e. The molecule has 1 aliphatic heterocycles. The average molecular weight is 322 g/mol. The lowest BCUT2D eigenvalue weighted by Crippen LogP contribution is -2.31. The van der Waals surface area contributed by atoms with Crippen LogP contribution in [-0.2, 0) is 10.3 Å². The van der Waals surface area contributed by atoms with Crippen molar-refractivity contribution in [2.75, 3.05) is 0 Å². The van der Waals surface area contributed by atoms with Gasteiger partial charge in [-0.15, -0.1) is 11.3 Å². The molecule has 0 amide bonds. The standard InChI is InChI=1S/C19H18N2OS/c1-12-9-15(11-20)23-18(12)14-5-6-17-16(10-14)19(7-3-4-8-19)22-13(2)21-17/h5-6,9-10H,3-4,7-8H2,1-2H3. The first-order valence-corrected chi connectivity index (χ1v) is 8.83. The molecular weight excluding hydrogens is 304 g/mol. The van der Waals surface area contributed by atoms with Crippen LogP contribution in [-0.4, -0.2) is 5.90 Å². The van der Waals surface area contributed by atoms with E-state index in [1.165, 1.54) is 23.3 Å². The summed E-state index contributed by atoms with van der Waals surface area (Å²) in [5, 5.41) is 9.13. The molecule has 23 heavy (non-hydrogen) atoms. The van der Waals surface area contributed by atoms with E-state index >= 15 is 0 Å². The molecule has 1 aromatic heterocycles. The highest BCUT2D eigenvalue weighted by Crippen LogP contribution is 2.49. The summed E-state index contributed by atoms with van der Waals surface area (Å²) in [4.78, 5) is 6.52. The van der Waals surface area contributed by atoms with E-state index in [0.717, 1.165) is 40.4 Å². The van der Waals surface area contributed by atoms with E-state index in [2.05, 4.69) is 36.2 Å². The molecule has 116 valence electrons. The molecule has 1 aromatic carbocycles. The summed E-state index contributed by atoms with van der Waals surface area (Å²) in [7, 11) is 0. The van der Waals surface area contributed by atoms with Crippen LogP contribution in [0.1, 0.15) is 48.6 Å². The number of nitriles is 1. The van der Waals surface area contributed by atoms with Gasteiger partial charge in [0.25, 0.3) is 0 Å². The highest BCUT2D eigenvalue weighted by molar-refractivity contribution is 7.16. The predicted octanol–water partition coefficient (Wildman–Crippen LogP) is 5.44. The van der Waals surface area contributed by atoms with E-state index in [9.17, 15) is 0 Å². The molecular formula is C19H18N2OS. The maximum absolute atomic E-state index is 9.13. The summed E-state index contributed by atoms with van der Waals surface area (Å²) >= 11 is 1.56. The van der Waals surface area contributed by atoms with Crippen molar-refractivity contribution in [1.29, 1.82) is 5.26 Å². The van der Waals surface area contributed by atoms with E-state index in [4.69, 9.17) is 10.00 Å². The zero-order valence-electron chi connectivity index (χ0n) is 13.3. The van der Waals surface area contributed by atoms with E-state index in [1.54, 1.807) is 11.3 Å². The number of fused-ring (bicyclic) bond motifs is 2. The van der Waals surface area contributed by atoms with Gasteiger partial charge >= 0.3 is 0 Å². The number of rotatable bonds is 1. The van der Waals surface area contributed by atoms with Crippen LogP contribution >= 0.6 is 11.3 Å². The Balaban J connectivity index is 1.87. The summed E-state index contributed by atoms with van der Waals surface area (Å²) in [5.41, 5.74) is 4.37. The van der Waals surface area contributed by atoms with Crippen molar-refractivity contribution < 1.29 is 4.74 Å². The van der Waals surface area contributed by atoms with Gasteiger partial charge in [-0.1, -0.05) is 6.07 Å². The summed E-state index contributed by atoms with van der Waals surface area (Å²) in [6.45, 7) is 4.01. The van der Waals surface area contributed by atoms with Gasteiger partial charge in [-0.25, -0.2) is 4.99 Å². The molecule has 1 saturated carbocycles. The molecule has 1 spiro atoms. The lowest BCUT2D eigenvalue weighted by molar-refractivity contribution is 0.0555. The van der Waals surface area contributed by atoms with Crippen LogP contribution in [0.4, 0.5) is 5.69 Å². The highest BCUT2D eigenvalue weighted by atomic mass is 32.1. The average Bonchev–Trinajstić information content (AvgIpc) is 3.14. The molecule has 1 aliphatic carbocycles. The summed E-state index contributed by atoms with van der Waals surface area (Å²) in [6, 6.07) is 10.7. The maximum atomic E-state index is 9.13. The first-order valence-electron chi connectivity index (χ1n) is 8.01. The summed E-state index contributed by atoms with van der Waals surface area (Å²) < 4.78 is 6.21. The van der Waals surface area contributed by atoms with Crippen LogP contribution in [0, 0.1) is 18.3 Å². The largest absolute Gasteiger partial charge is 0.470 e. The third-order valence-electron chi connectivity index (χ3n) is 4.81. The quantitative estimate of drug-likeness (QED) is 0.701. The molecule has 2 aliphatic rings. The van der Waals surface area contributed by atoms with Crippen molar-refractivity contribution in [2.45, 2.75) is 45.1 Å². The van der Waals surface area contributed by atoms with Crippen molar-refractivity contribution in [1.82, 2.24) is 0 Å². The van der Waals surface area contributed by atoms with Crippen molar-refractivity contribution in [3.63, 3.8) is 0 Å². The monoisotopic (exact) mass is 322 g/mol. The lowest BCUT2D eigenvalue weighted by atomic mass is 9.88. The first kappa shape index (κ1) is 14.5. The molecule has 1 fully saturated rings. The molecule has 4 rings (SSSR count). The van der Waals surface area contributed by atoms with Gasteiger partial charge in [0.2, 0.25) is 0 Å². The Labute approximate surface area is 140 Å². The van der Waals surface area contributed by atoms with Crippen LogP contribution < -0.4 is 0 Å². The fraction of sp³-hybridized carbons (Fsp3) is 0.368. The number of aryl methyl sites for hydroxylation is 1. The molecule has 3 nitrogen and oxygen atoms in total. The normalized spacial score (nSPS) is 18.2. The molecule has 0 saturated heterocycles. The topological polar surface area (TPSA) is 45.4 Å². The SMILES string of the molecule is CC1=Nc2ccc(-c3sc(C#N)cc3C)cc2C2(CCCC2)O1. The highest BCUT2D eigenvalue weighted by Gasteiger charge is 2.42. The number of benzene rings is 1. The summed E-state index contributed by atoms with van der Waals surface area (Å²) in [5.74, 6) is 0.770. The van der Waals surface area contributed by atoms with Crippen molar-refractivity contribution in [2.24, 2.45) is 4.99 Å². The second kappa shape index (κ2) is 5.21. The molecule has 4 heteroatoms. The minimum absolute atomic E-state index is 0.194. The molecule has 0 bridgehead atoms. The van der Waals surface area contributed by atoms with Gasteiger partial charge in [-0.2, -0.15) is 5.26 Å². The molecule has 0 radical (unpaired) electrons. The van der Waals surface area contributed by atoms with Gasteiger partial charge in [-0.05, 0) is 61.9 Å². The fourth-order valence-corrected chi connectivity index (χ4v) is 4.78. The van der Waals surface area contributed by atoms with E-state index in [-0.39, 0.29) is 5.60 Å². The van der Waals surface area contributed by atoms with Crippen LogP contribution in [0.5, 0.6) is 0 Å². The van der Waals surface area contributed by atoms with E-state index in [0.29, 0.717) is 0 Å². The molecule has 0 unspecified atom stereocenters.